The van der Waals surface area contributed by atoms with Crippen LogP contribution in [0, 0.1) is 6.92 Å². The number of imidazole rings is 1. The van der Waals surface area contributed by atoms with Crippen molar-refractivity contribution < 1.29 is 0 Å². The molecule has 7 heteroatoms. The molecule has 0 radical (unpaired) electrons. The van der Waals surface area contributed by atoms with Crippen molar-refractivity contribution >= 4 is 34.3 Å². The number of hydrogen-bond acceptors (Lipinski definition) is 6. The van der Waals surface area contributed by atoms with E-state index in [9.17, 15) is 0 Å². The van der Waals surface area contributed by atoms with Crippen molar-refractivity contribution in [2.75, 3.05) is 17.7 Å². The summed E-state index contributed by atoms with van der Waals surface area (Å²) in [6.45, 7) is 4.23. The topological polar surface area (TPSA) is 78.5 Å². The van der Waals surface area contributed by atoms with Crippen LogP contribution in [-0.4, -0.2) is 27.0 Å². The van der Waals surface area contributed by atoms with Gasteiger partial charge in [0, 0.05) is 16.8 Å². The second kappa shape index (κ2) is 5.09. The largest absolute Gasteiger partial charge is 0.361 e. The molecule has 104 valence electrons. The van der Waals surface area contributed by atoms with Crippen LogP contribution in [0.5, 0.6) is 0 Å². The van der Waals surface area contributed by atoms with Crippen LogP contribution in [0.1, 0.15) is 22.7 Å². The number of anilines is 2. The Morgan fingerprint density at radius 1 is 1.30 bits per heavy atom. The predicted octanol–water partition coefficient (Wildman–Crippen LogP) is 2.94. The number of aromatic nitrogens is 4. The second-order valence-corrected chi connectivity index (χ2v) is 5.88. The smallest absolute Gasteiger partial charge is 0.226 e. The van der Waals surface area contributed by atoms with E-state index in [0.29, 0.717) is 11.6 Å². The van der Waals surface area contributed by atoms with Crippen molar-refractivity contribution in [3.05, 3.63) is 28.2 Å². The van der Waals surface area contributed by atoms with Gasteiger partial charge in [-0.1, -0.05) is 0 Å². The third-order valence-electron chi connectivity index (χ3n) is 3.05. The van der Waals surface area contributed by atoms with Crippen molar-refractivity contribution in [3.63, 3.8) is 0 Å². The zero-order valence-corrected chi connectivity index (χ0v) is 12.4. The summed E-state index contributed by atoms with van der Waals surface area (Å²) in [4.78, 5) is 18.6. The van der Waals surface area contributed by atoms with Gasteiger partial charge < -0.3 is 15.6 Å². The molecule has 0 aliphatic heterocycles. The molecule has 3 heterocycles. The molecule has 0 aliphatic rings. The summed E-state index contributed by atoms with van der Waals surface area (Å²) < 4.78 is 0. The summed E-state index contributed by atoms with van der Waals surface area (Å²) in [6, 6.07) is 4.45. The molecule has 0 aromatic carbocycles. The van der Waals surface area contributed by atoms with E-state index in [2.05, 4.69) is 56.5 Å². The fourth-order valence-corrected chi connectivity index (χ4v) is 2.89. The third kappa shape index (κ3) is 2.32. The Bertz CT molecular complexity index is 731. The van der Waals surface area contributed by atoms with E-state index in [0.717, 1.165) is 11.3 Å². The highest BCUT2D eigenvalue weighted by Crippen LogP contribution is 2.27. The molecule has 1 atom stereocenters. The SMILES string of the molecule is CNc1nc(NC(C)c2ccc(C)s2)c2[nH]cnc2n1. The van der Waals surface area contributed by atoms with Crippen LogP contribution >= 0.6 is 11.3 Å². The first-order chi connectivity index (χ1) is 9.67. The highest BCUT2D eigenvalue weighted by atomic mass is 32.1. The van der Waals surface area contributed by atoms with Gasteiger partial charge in [0.25, 0.3) is 0 Å². The van der Waals surface area contributed by atoms with Gasteiger partial charge in [-0.25, -0.2) is 4.98 Å². The number of nitrogens with zero attached hydrogens (tertiary/aromatic N) is 3. The van der Waals surface area contributed by atoms with Crippen LogP contribution in [0.4, 0.5) is 11.8 Å². The van der Waals surface area contributed by atoms with E-state index in [1.54, 1.807) is 24.7 Å². The van der Waals surface area contributed by atoms with Crippen molar-refractivity contribution in [2.45, 2.75) is 19.9 Å². The molecular formula is C13H16N6S. The second-order valence-electron chi connectivity index (χ2n) is 4.56. The van der Waals surface area contributed by atoms with Gasteiger partial charge in [-0.3, -0.25) is 0 Å². The zero-order valence-electron chi connectivity index (χ0n) is 11.6. The van der Waals surface area contributed by atoms with Crippen LogP contribution in [0.2, 0.25) is 0 Å². The lowest BCUT2D eigenvalue weighted by molar-refractivity contribution is 0.897. The number of nitrogens with one attached hydrogen (secondary N) is 3. The molecule has 3 aromatic rings. The molecule has 1 unspecified atom stereocenters. The molecule has 0 saturated carbocycles. The monoisotopic (exact) mass is 288 g/mol. The summed E-state index contributed by atoms with van der Waals surface area (Å²) in [5, 5.41) is 6.38. The average Bonchev–Trinajstić information content (AvgIpc) is 3.06. The van der Waals surface area contributed by atoms with Gasteiger partial charge in [-0.15, -0.1) is 11.3 Å². The van der Waals surface area contributed by atoms with Crippen LogP contribution in [0.15, 0.2) is 18.5 Å². The Kier molecular flexibility index (Phi) is 3.27. The molecule has 6 nitrogen and oxygen atoms in total. The fourth-order valence-electron chi connectivity index (χ4n) is 2.01. The molecule has 0 saturated heterocycles. The quantitative estimate of drug-likeness (QED) is 0.688. The van der Waals surface area contributed by atoms with E-state index < -0.39 is 0 Å². The first-order valence-electron chi connectivity index (χ1n) is 6.39. The predicted molar refractivity (Wildman–Crippen MR) is 82.3 cm³/mol. The molecule has 0 bridgehead atoms. The van der Waals surface area contributed by atoms with Gasteiger partial charge >= 0.3 is 0 Å². The lowest BCUT2D eigenvalue weighted by atomic mass is 10.2. The molecule has 20 heavy (non-hydrogen) atoms. The van der Waals surface area contributed by atoms with E-state index in [4.69, 9.17) is 0 Å². The Labute approximate surface area is 120 Å². The summed E-state index contributed by atoms with van der Waals surface area (Å²) in [5.41, 5.74) is 1.48. The van der Waals surface area contributed by atoms with Crippen LogP contribution < -0.4 is 10.6 Å². The Morgan fingerprint density at radius 3 is 2.85 bits per heavy atom. The van der Waals surface area contributed by atoms with Gasteiger partial charge in [0.05, 0.1) is 12.4 Å². The van der Waals surface area contributed by atoms with Gasteiger partial charge in [-0.05, 0) is 26.0 Å². The highest BCUT2D eigenvalue weighted by molar-refractivity contribution is 7.12. The first-order valence-corrected chi connectivity index (χ1v) is 7.21. The molecule has 0 spiro atoms. The van der Waals surface area contributed by atoms with Crippen LogP contribution in [-0.2, 0) is 0 Å². The van der Waals surface area contributed by atoms with E-state index >= 15 is 0 Å². The minimum atomic E-state index is 0.180. The highest BCUT2D eigenvalue weighted by Gasteiger charge is 2.13. The Hall–Kier alpha value is -2.15. The number of rotatable bonds is 4. The van der Waals surface area contributed by atoms with E-state index in [1.807, 2.05) is 0 Å². The van der Waals surface area contributed by atoms with Gasteiger partial charge in [0.2, 0.25) is 5.95 Å². The molecule has 3 aromatic heterocycles. The lowest BCUT2D eigenvalue weighted by Crippen LogP contribution is -2.09. The Balaban J connectivity index is 1.95. The minimum Gasteiger partial charge on any atom is -0.361 e. The summed E-state index contributed by atoms with van der Waals surface area (Å²) in [5.74, 6) is 1.32. The number of fused-ring (bicyclic) bond motifs is 1. The van der Waals surface area contributed by atoms with Crippen molar-refractivity contribution in [2.24, 2.45) is 0 Å². The van der Waals surface area contributed by atoms with Gasteiger partial charge in [0.1, 0.15) is 5.52 Å². The summed E-state index contributed by atoms with van der Waals surface area (Å²) in [7, 11) is 1.80. The number of hydrogen-bond donors (Lipinski definition) is 3. The van der Waals surface area contributed by atoms with E-state index in [-0.39, 0.29) is 6.04 Å². The summed E-state index contributed by atoms with van der Waals surface area (Å²) in [6.07, 6.45) is 1.63. The molecule has 0 aliphatic carbocycles. The maximum atomic E-state index is 4.46. The lowest BCUT2D eigenvalue weighted by Gasteiger charge is -2.14. The van der Waals surface area contributed by atoms with E-state index in [1.165, 1.54) is 9.75 Å². The first kappa shape index (κ1) is 12.9. The molecule has 3 rings (SSSR count). The molecule has 3 N–H and O–H groups in total. The maximum absolute atomic E-state index is 4.46. The molecule has 0 fully saturated rings. The van der Waals surface area contributed by atoms with Gasteiger partial charge in [-0.2, -0.15) is 9.97 Å². The summed E-state index contributed by atoms with van der Waals surface area (Å²) >= 11 is 1.79. The van der Waals surface area contributed by atoms with Crippen molar-refractivity contribution in [1.82, 2.24) is 19.9 Å². The van der Waals surface area contributed by atoms with Gasteiger partial charge in [0.15, 0.2) is 11.5 Å². The number of H-pyrrole nitrogens is 1. The Morgan fingerprint density at radius 2 is 2.15 bits per heavy atom. The van der Waals surface area contributed by atoms with Crippen LogP contribution in [0.25, 0.3) is 11.2 Å². The average molecular weight is 288 g/mol. The van der Waals surface area contributed by atoms with Crippen molar-refractivity contribution in [1.29, 1.82) is 0 Å². The van der Waals surface area contributed by atoms with Crippen LogP contribution in [0.3, 0.4) is 0 Å². The molecular weight excluding hydrogens is 272 g/mol. The normalized spacial score (nSPS) is 12.6. The zero-order chi connectivity index (χ0) is 14.1. The number of aromatic amines is 1. The maximum Gasteiger partial charge on any atom is 0.226 e. The molecule has 0 amide bonds. The number of aryl methyl sites for hydroxylation is 1. The van der Waals surface area contributed by atoms with Crippen molar-refractivity contribution in [3.8, 4) is 0 Å². The fraction of sp³-hybridized carbons (Fsp3) is 0.308. The number of thiophene rings is 1. The minimum absolute atomic E-state index is 0.180. The third-order valence-corrected chi connectivity index (χ3v) is 4.23. The standard InChI is InChI=1S/C13H16N6S/c1-7-4-5-9(20-7)8(2)17-12-10-11(16-6-15-10)18-13(14-3)19-12/h4-6,8H,1-3H3,(H3,14,15,16,17,18,19).